The Kier molecular flexibility index (Phi) is 5.90. The molecule has 5 nitrogen and oxygen atoms in total. The molecule has 0 aromatic heterocycles. The minimum Gasteiger partial charge on any atom is -0.357 e. The summed E-state index contributed by atoms with van der Waals surface area (Å²) in [5, 5.41) is 5.05. The van der Waals surface area contributed by atoms with Crippen LogP contribution in [0.4, 0.5) is 0 Å². The summed E-state index contributed by atoms with van der Waals surface area (Å²) in [6, 6.07) is 5.28. The van der Waals surface area contributed by atoms with Gasteiger partial charge in [-0.05, 0) is 49.8 Å². The summed E-state index contributed by atoms with van der Waals surface area (Å²) in [4.78, 5) is 35.4. The Hall–Kier alpha value is -2.17. The van der Waals surface area contributed by atoms with Gasteiger partial charge in [0.1, 0.15) is 6.04 Å². The second-order valence-electron chi connectivity index (χ2n) is 6.02. The highest BCUT2D eigenvalue weighted by Gasteiger charge is 2.16. The van der Waals surface area contributed by atoms with Gasteiger partial charge in [-0.2, -0.15) is 0 Å². The number of aryl methyl sites for hydroxylation is 2. The number of carbonyl (C=O) groups excluding carboxylic acids is 3. The normalized spacial score (nSPS) is 14.5. The fourth-order valence-electron chi connectivity index (χ4n) is 2.87. The molecule has 0 unspecified atom stereocenters. The van der Waals surface area contributed by atoms with Crippen LogP contribution in [0.2, 0.25) is 0 Å². The van der Waals surface area contributed by atoms with Crippen LogP contribution in [-0.4, -0.2) is 30.7 Å². The van der Waals surface area contributed by atoms with Gasteiger partial charge in [-0.1, -0.05) is 12.1 Å². The number of rotatable bonds is 6. The molecule has 0 bridgehead atoms. The number of amides is 2. The van der Waals surface area contributed by atoms with Crippen LogP contribution in [0.15, 0.2) is 18.2 Å². The Morgan fingerprint density at radius 3 is 2.48 bits per heavy atom. The van der Waals surface area contributed by atoms with Crippen molar-refractivity contribution in [1.29, 1.82) is 0 Å². The molecule has 0 spiro atoms. The number of nitrogens with one attached hydrogen (secondary N) is 2. The van der Waals surface area contributed by atoms with E-state index in [1.807, 2.05) is 18.2 Å². The van der Waals surface area contributed by atoms with Crippen LogP contribution in [0.25, 0.3) is 0 Å². The van der Waals surface area contributed by atoms with Gasteiger partial charge in [0.05, 0.1) is 0 Å². The minimum atomic E-state index is -0.591. The van der Waals surface area contributed by atoms with E-state index in [0.717, 1.165) is 12.8 Å². The molecular weight excluding hydrogens is 292 g/mol. The Morgan fingerprint density at radius 1 is 1.09 bits per heavy atom. The van der Waals surface area contributed by atoms with E-state index in [1.165, 1.54) is 31.0 Å². The van der Waals surface area contributed by atoms with Crippen molar-refractivity contribution in [3.8, 4) is 0 Å². The predicted octanol–water partition coefficient (Wildman–Crippen LogP) is 1.78. The van der Waals surface area contributed by atoms with Crippen molar-refractivity contribution in [2.75, 3.05) is 7.05 Å². The van der Waals surface area contributed by atoms with Crippen LogP contribution in [0.5, 0.6) is 0 Å². The van der Waals surface area contributed by atoms with Crippen molar-refractivity contribution >= 4 is 17.6 Å². The van der Waals surface area contributed by atoms with Crippen molar-refractivity contribution < 1.29 is 14.4 Å². The molecule has 1 atom stereocenters. The number of carbonyl (C=O) groups is 3. The fourth-order valence-corrected chi connectivity index (χ4v) is 2.87. The molecule has 1 aliphatic carbocycles. The highest BCUT2D eigenvalue weighted by Crippen LogP contribution is 2.22. The number of fused-ring (bicyclic) bond motifs is 1. The maximum absolute atomic E-state index is 12.3. The lowest BCUT2D eigenvalue weighted by molar-refractivity contribution is -0.128. The van der Waals surface area contributed by atoms with Gasteiger partial charge in [-0.15, -0.1) is 0 Å². The first-order valence-electron chi connectivity index (χ1n) is 8.17. The van der Waals surface area contributed by atoms with Crippen molar-refractivity contribution in [2.45, 2.75) is 51.5 Å². The largest absolute Gasteiger partial charge is 0.357 e. The summed E-state index contributed by atoms with van der Waals surface area (Å²) in [6.45, 7) is 1.61. The van der Waals surface area contributed by atoms with Crippen molar-refractivity contribution in [3.63, 3.8) is 0 Å². The molecule has 2 rings (SSSR count). The SMILES string of the molecule is CNC(=O)[C@H](C)NC(=O)CCC(=O)c1ccc2c(c1)CCCC2. The van der Waals surface area contributed by atoms with Crippen LogP contribution in [0.1, 0.15) is 54.1 Å². The van der Waals surface area contributed by atoms with Gasteiger partial charge in [0.25, 0.3) is 0 Å². The van der Waals surface area contributed by atoms with E-state index in [2.05, 4.69) is 10.6 Å². The number of ketones is 1. The van der Waals surface area contributed by atoms with Gasteiger partial charge in [0.2, 0.25) is 11.8 Å². The van der Waals surface area contributed by atoms with Gasteiger partial charge >= 0.3 is 0 Å². The molecule has 0 saturated carbocycles. The van der Waals surface area contributed by atoms with Crippen molar-refractivity contribution in [3.05, 3.63) is 34.9 Å². The molecule has 0 aliphatic heterocycles. The fraction of sp³-hybridized carbons (Fsp3) is 0.500. The first kappa shape index (κ1) is 17.2. The van der Waals surface area contributed by atoms with Gasteiger partial charge in [-0.3, -0.25) is 14.4 Å². The third-order valence-electron chi connectivity index (χ3n) is 4.27. The molecule has 2 amide bonds. The number of likely N-dealkylation sites (N-methyl/N-ethyl adjacent to an activating group) is 1. The Morgan fingerprint density at radius 2 is 1.78 bits per heavy atom. The van der Waals surface area contributed by atoms with E-state index >= 15 is 0 Å². The van der Waals surface area contributed by atoms with Crippen LogP contribution in [0.3, 0.4) is 0 Å². The van der Waals surface area contributed by atoms with E-state index in [-0.39, 0.29) is 30.4 Å². The molecule has 0 fully saturated rings. The van der Waals surface area contributed by atoms with Gasteiger partial charge in [0, 0.05) is 25.5 Å². The van der Waals surface area contributed by atoms with Gasteiger partial charge < -0.3 is 10.6 Å². The summed E-state index contributed by atoms with van der Waals surface area (Å²) >= 11 is 0. The summed E-state index contributed by atoms with van der Waals surface area (Å²) in [6.07, 6.45) is 4.75. The van der Waals surface area contributed by atoms with Crippen LogP contribution < -0.4 is 10.6 Å². The zero-order valence-corrected chi connectivity index (χ0v) is 13.8. The third-order valence-corrected chi connectivity index (χ3v) is 4.27. The molecule has 1 aromatic rings. The molecule has 1 aromatic carbocycles. The third kappa shape index (κ3) is 4.65. The lowest BCUT2D eigenvalue weighted by Crippen LogP contribution is -2.43. The van der Waals surface area contributed by atoms with E-state index in [4.69, 9.17) is 0 Å². The van der Waals surface area contributed by atoms with Crippen LogP contribution >= 0.6 is 0 Å². The van der Waals surface area contributed by atoms with Gasteiger partial charge in [-0.25, -0.2) is 0 Å². The molecule has 0 heterocycles. The summed E-state index contributed by atoms with van der Waals surface area (Å²) in [7, 11) is 1.52. The first-order chi connectivity index (χ1) is 11.0. The molecule has 0 saturated heterocycles. The lowest BCUT2D eigenvalue weighted by atomic mass is 9.89. The molecule has 1 aliphatic rings. The summed E-state index contributed by atoms with van der Waals surface area (Å²) < 4.78 is 0. The quantitative estimate of drug-likeness (QED) is 0.786. The summed E-state index contributed by atoms with van der Waals surface area (Å²) in [5.74, 6) is -0.562. The van der Waals surface area contributed by atoms with E-state index < -0.39 is 6.04 Å². The maximum Gasteiger partial charge on any atom is 0.242 e. The van der Waals surface area contributed by atoms with Crippen LogP contribution in [0, 0.1) is 0 Å². The van der Waals surface area contributed by atoms with Crippen molar-refractivity contribution in [2.24, 2.45) is 0 Å². The Balaban J connectivity index is 1.87. The average Bonchev–Trinajstić information content (AvgIpc) is 2.58. The molecule has 2 N–H and O–H groups in total. The van der Waals surface area contributed by atoms with E-state index in [1.54, 1.807) is 6.92 Å². The number of hydrogen-bond acceptors (Lipinski definition) is 3. The molecular formula is C18H24N2O3. The van der Waals surface area contributed by atoms with E-state index in [0.29, 0.717) is 5.56 Å². The number of hydrogen-bond donors (Lipinski definition) is 2. The highest BCUT2D eigenvalue weighted by atomic mass is 16.2. The zero-order chi connectivity index (χ0) is 16.8. The predicted molar refractivity (Wildman–Crippen MR) is 88.3 cm³/mol. The van der Waals surface area contributed by atoms with Crippen molar-refractivity contribution in [1.82, 2.24) is 10.6 Å². The molecule has 23 heavy (non-hydrogen) atoms. The Labute approximate surface area is 136 Å². The standard InChI is InChI=1S/C18H24N2O3/c1-12(18(23)19-2)20-17(22)10-9-16(21)15-8-7-13-5-3-4-6-14(13)11-15/h7-8,11-12H,3-6,9-10H2,1-2H3,(H,19,23)(H,20,22)/t12-/m0/s1. The first-order valence-corrected chi connectivity index (χ1v) is 8.17. The smallest absolute Gasteiger partial charge is 0.242 e. The second-order valence-corrected chi connectivity index (χ2v) is 6.02. The lowest BCUT2D eigenvalue weighted by Gasteiger charge is -2.16. The number of Topliss-reactive ketones (excluding diaryl/α,β-unsaturated/α-hetero) is 1. The highest BCUT2D eigenvalue weighted by molar-refractivity contribution is 5.98. The molecule has 124 valence electrons. The average molecular weight is 316 g/mol. The maximum atomic E-state index is 12.3. The van der Waals surface area contributed by atoms with Gasteiger partial charge in [0.15, 0.2) is 5.78 Å². The summed E-state index contributed by atoms with van der Waals surface area (Å²) in [5.41, 5.74) is 3.28. The van der Waals surface area contributed by atoms with Crippen LogP contribution in [-0.2, 0) is 22.4 Å². The topological polar surface area (TPSA) is 75.3 Å². The molecule has 0 radical (unpaired) electrons. The van der Waals surface area contributed by atoms with E-state index in [9.17, 15) is 14.4 Å². The minimum absolute atomic E-state index is 0.0267. The second kappa shape index (κ2) is 7.90. The monoisotopic (exact) mass is 316 g/mol. The Bertz CT molecular complexity index is 610. The number of benzene rings is 1. The zero-order valence-electron chi connectivity index (χ0n) is 13.8. The molecule has 5 heteroatoms.